The monoisotopic (exact) mass is 780 g/mol. The van der Waals surface area contributed by atoms with Crippen LogP contribution in [0.2, 0.25) is 0 Å². The van der Waals surface area contributed by atoms with Crippen molar-refractivity contribution >= 4 is 65.4 Å². The lowest BCUT2D eigenvalue weighted by molar-refractivity contribution is -0.167. The number of alkyl halides is 2. The molecule has 1 rings (SSSR count). The first-order chi connectivity index (χ1) is 24.5. The molecule has 292 valence electrons. The highest BCUT2D eigenvalue weighted by atomic mass is 35.5. The fourth-order valence-corrected chi connectivity index (χ4v) is 3.86. The molecule has 0 saturated carbocycles. The summed E-state index contributed by atoms with van der Waals surface area (Å²) in [7, 11) is 0. The minimum absolute atomic E-state index is 0.0294. The van der Waals surface area contributed by atoms with Crippen LogP contribution < -0.4 is 0 Å². The van der Waals surface area contributed by atoms with Gasteiger partial charge in [0.15, 0.2) is 0 Å². The van der Waals surface area contributed by atoms with Crippen LogP contribution in [0, 0.1) is 16.2 Å². The van der Waals surface area contributed by atoms with Gasteiger partial charge in [0.1, 0.15) is 62.5 Å². The van der Waals surface area contributed by atoms with Crippen molar-refractivity contribution in [2.45, 2.75) is 54.1 Å². The number of benzene rings is 1. The van der Waals surface area contributed by atoms with E-state index in [0.29, 0.717) is 18.4 Å². The Morgan fingerprint density at radius 1 is 0.500 bits per heavy atom. The third-order valence-corrected chi connectivity index (χ3v) is 7.47. The Balaban J connectivity index is 3.03. The number of carbonyl (C=O) groups excluding carboxylic acids is 7. The molecule has 18 heteroatoms. The van der Waals surface area contributed by atoms with Crippen LogP contribution >= 0.6 is 23.2 Å². The first-order valence-electron chi connectivity index (χ1n) is 16.0. The quantitative estimate of drug-likeness (QED) is 0.0648. The Kier molecular flexibility index (Phi) is 20.5. The molecule has 0 aliphatic carbocycles. The number of rotatable bonds is 23. The summed E-state index contributed by atoms with van der Waals surface area (Å²) in [6.07, 6.45) is -1.96. The SMILES string of the molecule is CC(=O)OCC(C)(COC(=O)OCC(C)(COC(=O)OCC(C)(COC(C)=O)C(=O)OCCCCl)C(=O)OCc1ccccc1)C(=O)OCCCCl. The fraction of sp³-hybridized carbons (Fsp3) is 0.618. The summed E-state index contributed by atoms with van der Waals surface area (Å²) in [6, 6.07) is 8.63. The van der Waals surface area contributed by atoms with E-state index in [0.717, 1.165) is 13.8 Å². The fourth-order valence-electron chi connectivity index (χ4n) is 3.64. The Bertz CT molecular complexity index is 1270. The normalized spacial score (nSPS) is 14.1. The summed E-state index contributed by atoms with van der Waals surface area (Å²) in [5, 5.41) is 0. The van der Waals surface area contributed by atoms with Gasteiger partial charge < -0.3 is 42.6 Å². The first kappa shape index (κ1) is 45.7. The zero-order valence-electron chi connectivity index (χ0n) is 29.9. The molecule has 0 aromatic heterocycles. The summed E-state index contributed by atoms with van der Waals surface area (Å²) >= 11 is 11.3. The van der Waals surface area contributed by atoms with Gasteiger partial charge in [-0.05, 0) is 39.2 Å². The van der Waals surface area contributed by atoms with Crippen LogP contribution in [0.25, 0.3) is 0 Å². The van der Waals surface area contributed by atoms with Crippen molar-refractivity contribution < 1.29 is 76.2 Å². The number of hydrogen-bond acceptors (Lipinski definition) is 16. The Morgan fingerprint density at radius 3 is 1.15 bits per heavy atom. The predicted molar refractivity (Wildman–Crippen MR) is 181 cm³/mol. The van der Waals surface area contributed by atoms with E-state index >= 15 is 0 Å². The third kappa shape index (κ3) is 17.3. The lowest BCUT2D eigenvalue weighted by Gasteiger charge is -2.28. The number of carbonyl (C=O) groups is 7. The Morgan fingerprint density at radius 2 is 0.827 bits per heavy atom. The van der Waals surface area contributed by atoms with Crippen LogP contribution in [0.3, 0.4) is 0 Å². The van der Waals surface area contributed by atoms with Crippen molar-refractivity contribution in [2.75, 3.05) is 64.6 Å². The maximum atomic E-state index is 13.3. The summed E-state index contributed by atoms with van der Waals surface area (Å²) < 4.78 is 46.2. The second kappa shape index (κ2) is 23.3. The van der Waals surface area contributed by atoms with Gasteiger partial charge in [-0.15, -0.1) is 23.2 Å². The summed E-state index contributed by atoms with van der Waals surface area (Å²) in [5.74, 6) is -3.54. The van der Waals surface area contributed by atoms with Crippen molar-refractivity contribution in [1.82, 2.24) is 0 Å². The number of hydrogen-bond donors (Lipinski definition) is 0. The first-order valence-corrected chi connectivity index (χ1v) is 17.1. The smallest absolute Gasteiger partial charge is 0.465 e. The Labute approximate surface area is 311 Å². The average molecular weight is 782 g/mol. The molecule has 0 spiro atoms. The molecule has 0 fully saturated rings. The molecule has 0 saturated heterocycles. The second-order valence-corrected chi connectivity index (χ2v) is 13.1. The van der Waals surface area contributed by atoms with Crippen molar-refractivity contribution in [3.8, 4) is 0 Å². The van der Waals surface area contributed by atoms with Crippen molar-refractivity contribution in [3.63, 3.8) is 0 Å². The molecule has 0 N–H and O–H groups in total. The van der Waals surface area contributed by atoms with E-state index < -0.39 is 98.0 Å². The van der Waals surface area contributed by atoms with E-state index in [4.69, 9.17) is 65.8 Å². The molecule has 1 aromatic carbocycles. The highest BCUT2D eigenvalue weighted by Gasteiger charge is 2.42. The second-order valence-electron chi connectivity index (χ2n) is 12.3. The molecule has 0 heterocycles. The van der Waals surface area contributed by atoms with E-state index in [1.807, 2.05) is 0 Å². The molecular weight excluding hydrogens is 735 g/mol. The summed E-state index contributed by atoms with van der Waals surface area (Å²) in [6.45, 7) is 2.24. The topological polar surface area (TPSA) is 203 Å². The number of esters is 5. The van der Waals surface area contributed by atoms with Crippen LogP contribution in [0.15, 0.2) is 30.3 Å². The summed E-state index contributed by atoms with van der Waals surface area (Å²) in [5.41, 5.74) is -4.45. The lowest BCUT2D eigenvalue weighted by Crippen LogP contribution is -2.43. The molecule has 0 aliphatic rings. The lowest BCUT2D eigenvalue weighted by atomic mass is 9.93. The average Bonchev–Trinajstić information content (AvgIpc) is 3.12. The standard InChI is InChI=1S/C34H46Cl2O16/c1-24(37)47-18-32(3,27(39)44-15-9-13-35)20-49-30(42)51-22-34(5,29(41)46-17-26-11-7-6-8-12-26)23-52-31(43)50-21-33(4,19-48-25(2)38)28(40)45-16-10-14-36/h6-8,11-12H,9-10,13-23H2,1-5H3. The zero-order chi connectivity index (χ0) is 39.2. The minimum atomic E-state index is -1.84. The molecule has 2 unspecified atom stereocenters. The van der Waals surface area contributed by atoms with Gasteiger partial charge in [-0.1, -0.05) is 30.3 Å². The highest BCUT2D eigenvalue weighted by molar-refractivity contribution is 6.18. The van der Waals surface area contributed by atoms with Gasteiger partial charge >= 0.3 is 42.2 Å². The van der Waals surface area contributed by atoms with Gasteiger partial charge in [0.2, 0.25) is 0 Å². The van der Waals surface area contributed by atoms with Gasteiger partial charge in [0.25, 0.3) is 0 Å². The predicted octanol–water partition coefficient (Wildman–Crippen LogP) is 4.53. The van der Waals surface area contributed by atoms with E-state index in [2.05, 4.69) is 0 Å². The van der Waals surface area contributed by atoms with Crippen LogP contribution in [-0.4, -0.2) is 107 Å². The highest BCUT2D eigenvalue weighted by Crippen LogP contribution is 2.25. The van der Waals surface area contributed by atoms with Gasteiger partial charge in [0, 0.05) is 25.6 Å². The Hall–Kier alpha value is -4.31. The van der Waals surface area contributed by atoms with Crippen molar-refractivity contribution in [1.29, 1.82) is 0 Å². The van der Waals surface area contributed by atoms with Gasteiger partial charge in [0.05, 0.1) is 13.2 Å². The molecule has 0 aliphatic heterocycles. The van der Waals surface area contributed by atoms with Crippen LogP contribution in [0.4, 0.5) is 9.59 Å². The number of ether oxygens (including phenoxy) is 9. The molecule has 0 bridgehead atoms. The summed E-state index contributed by atoms with van der Waals surface area (Å²) in [4.78, 5) is 86.9. The van der Waals surface area contributed by atoms with Crippen molar-refractivity contribution in [2.24, 2.45) is 16.2 Å². The zero-order valence-corrected chi connectivity index (χ0v) is 31.4. The van der Waals surface area contributed by atoms with Crippen LogP contribution in [0.5, 0.6) is 0 Å². The maximum Gasteiger partial charge on any atom is 0.508 e. The van der Waals surface area contributed by atoms with Crippen LogP contribution in [0.1, 0.15) is 53.0 Å². The molecule has 2 atom stereocenters. The van der Waals surface area contributed by atoms with Crippen LogP contribution in [-0.2, 0) is 73.2 Å². The molecular formula is C34H46Cl2O16. The van der Waals surface area contributed by atoms with E-state index in [1.165, 1.54) is 20.8 Å². The molecule has 0 radical (unpaired) electrons. The molecule has 52 heavy (non-hydrogen) atoms. The largest absolute Gasteiger partial charge is 0.508 e. The van der Waals surface area contributed by atoms with E-state index in [1.54, 1.807) is 30.3 Å². The maximum absolute atomic E-state index is 13.3. The number of halogens is 2. The van der Waals surface area contributed by atoms with Crippen molar-refractivity contribution in [3.05, 3.63) is 35.9 Å². The van der Waals surface area contributed by atoms with Gasteiger partial charge in [-0.2, -0.15) is 0 Å². The molecule has 0 amide bonds. The minimum Gasteiger partial charge on any atom is -0.465 e. The molecule has 16 nitrogen and oxygen atoms in total. The molecule has 1 aromatic rings. The van der Waals surface area contributed by atoms with E-state index in [9.17, 15) is 33.6 Å². The van der Waals surface area contributed by atoms with Gasteiger partial charge in [-0.25, -0.2) is 9.59 Å². The van der Waals surface area contributed by atoms with E-state index in [-0.39, 0.29) is 31.6 Å². The third-order valence-electron chi connectivity index (χ3n) is 6.94. The van der Waals surface area contributed by atoms with Gasteiger partial charge in [-0.3, -0.25) is 24.0 Å².